The number of rotatable bonds is 7. The molecular weight excluding hydrogens is 396 g/mol. The Morgan fingerprint density at radius 3 is 2.37 bits per heavy atom. The van der Waals surface area contributed by atoms with Crippen molar-refractivity contribution in [3.05, 3.63) is 58.7 Å². The highest BCUT2D eigenvalue weighted by Gasteiger charge is 2.23. The summed E-state index contributed by atoms with van der Waals surface area (Å²) in [5, 5.41) is 0. The molecule has 2 aromatic rings. The lowest BCUT2D eigenvalue weighted by Crippen LogP contribution is -2.29. The smallest absolute Gasteiger partial charge is 0.244 e. The Kier molecular flexibility index (Phi) is 6.76. The van der Waals surface area contributed by atoms with Gasteiger partial charge >= 0.3 is 0 Å². The minimum atomic E-state index is -3.66. The summed E-state index contributed by atoms with van der Waals surface area (Å²) >= 11 is 0. The van der Waals surface area contributed by atoms with Crippen LogP contribution in [0.1, 0.15) is 54.4 Å². The zero-order chi connectivity index (χ0) is 21.0. The van der Waals surface area contributed by atoms with Crippen LogP contribution in [0.4, 0.5) is 0 Å². The molecule has 0 spiro atoms. The Bertz CT molecular complexity index is 982. The van der Waals surface area contributed by atoms with Crippen molar-refractivity contribution < 1.29 is 13.2 Å². The molecule has 0 radical (unpaired) electrons. The van der Waals surface area contributed by atoms with Crippen molar-refractivity contribution in [1.82, 2.24) is 9.62 Å². The lowest BCUT2D eigenvalue weighted by molar-refractivity contribution is 0.221. The second-order valence-corrected chi connectivity index (χ2v) is 10.2. The third-order valence-electron chi connectivity index (χ3n) is 6.23. The molecule has 5 nitrogen and oxygen atoms in total. The first-order valence-corrected chi connectivity index (χ1v) is 12.5. The minimum Gasteiger partial charge on any atom is -0.495 e. The second-order valence-electron chi connectivity index (χ2n) is 8.46. The molecule has 2 aromatic carbocycles. The number of nitrogens with one attached hydrogen (secondary N) is 1. The molecule has 1 heterocycles. The molecule has 30 heavy (non-hydrogen) atoms. The van der Waals surface area contributed by atoms with Crippen LogP contribution in [0.3, 0.4) is 0 Å². The van der Waals surface area contributed by atoms with E-state index < -0.39 is 10.0 Å². The molecule has 0 bridgehead atoms. The van der Waals surface area contributed by atoms with Crippen LogP contribution in [0.15, 0.2) is 41.3 Å². The van der Waals surface area contributed by atoms with Crippen LogP contribution in [-0.2, 0) is 36.0 Å². The predicted octanol–water partition coefficient (Wildman–Crippen LogP) is 4.04. The number of ether oxygens (including phenoxy) is 1. The quantitative estimate of drug-likeness (QED) is 0.723. The maximum atomic E-state index is 13.1. The Hall–Kier alpha value is -1.89. The summed E-state index contributed by atoms with van der Waals surface area (Å²) in [4.78, 5) is 2.72. The van der Waals surface area contributed by atoms with Crippen molar-refractivity contribution in [2.45, 2.75) is 62.9 Å². The summed E-state index contributed by atoms with van der Waals surface area (Å²) in [5.41, 5.74) is 4.55. The molecule has 1 fully saturated rings. The Morgan fingerprint density at radius 2 is 1.63 bits per heavy atom. The molecule has 1 aliphatic heterocycles. The van der Waals surface area contributed by atoms with E-state index in [0.717, 1.165) is 56.4 Å². The van der Waals surface area contributed by atoms with Gasteiger partial charge in [0.25, 0.3) is 0 Å². The van der Waals surface area contributed by atoms with Crippen LogP contribution >= 0.6 is 0 Å². The molecular formula is C24H32N2O3S. The fraction of sp³-hybridized carbons (Fsp3) is 0.500. The number of aryl methyl sites for hydroxylation is 2. The number of likely N-dealkylation sites (tertiary alicyclic amines) is 1. The van der Waals surface area contributed by atoms with Crippen LogP contribution in [0.2, 0.25) is 0 Å². The van der Waals surface area contributed by atoms with Gasteiger partial charge in [0.1, 0.15) is 10.6 Å². The first-order chi connectivity index (χ1) is 14.5. The monoisotopic (exact) mass is 428 g/mol. The topological polar surface area (TPSA) is 58.6 Å². The number of nitrogens with zero attached hydrogens (tertiary/aromatic N) is 1. The molecule has 2 aliphatic rings. The van der Waals surface area contributed by atoms with Gasteiger partial charge in [0.05, 0.1) is 7.11 Å². The van der Waals surface area contributed by atoms with Gasteiger partial charge < -0.3 is 4.74 Å². The molecule has 0 aromatic heterocycles. The van der Waals surface area contributed by atoms with Crippen LogP contribution in [0, 0.1) is 0 Å². The number of hydrogen-bond acceptors (Lipinski definition) is 4. The number of hydrogen-bond donors (Lipinski definition) is 1. The zero-order valence-electron chi connectivity index (χ0n) is 17.8. The van der Waals surface area contributed by atoms with Crippen LogP contribution in [0.5, 0.6) is 5.75 Å². The van der Waals surface area contributed by atoms with E-state index in [1.54, 1.807) is 0 Å². The average molecular weight is 429 g/mol. The third kappa shape index (κ3) is 5.05. The summed E-state index contributed by atoms with van der Waals surface area (Å²) in [5.74, 6) is 0.432. The first kappa shape index (κ1) is 21.3. The van der Waals surface area contributed by atoms with Gasteiger partial charge in [-0.25, -0.2) is 13.1 Å². The molecule has 0 unspecified atom stereocenters. The van der Waals surface area contributed by atoms with E-state index in [4.69, 9.17) is 4.74 Å². The highest BCUT2D eigenvalue weighted by molar-refractivity contribution is 7.89. The van der Waals surface area contributed by atoms with Gasteiger partial charge in [-0.2, -0.15) is 0 Å². The summed E-state index contributed by atoms with van der Waals surface area (Å²) in [6, 6.07) is 11.9. The number of piperidine rings is 1. The van der Waals surface area contributed by atoms with Crippen LogP contribution in [0.25, 0.3) is 0 Å². The number of methoxy groups -OCH3 is 1. The molecule has 0 atom stereocenters. The number of sulfonamides is 1. The van der Waals surface area contributed by atoms with E-state index in [1.807, 2.05) is 24.3 Å². The van der Waals surface area contributed by atoms with Crippen molar-refractivity contribution in [3.8, 4) is 5.75 Å². The van der Waals surface area contributed by atoms with Crippen molar-refractivity contribution in [3.63, 3.8) is 0 Å². The molecule has 0 amide bonds. The van der Waals surface area contributed by atoms with Crippen LogP contribution < -0.4 is 9.46 Å². The average Bonchev–Trinajstić information content (AvgIpc) is 2.78. The first-order valence-electron chi connectivity index (χ1n) is 11.0. The maximum Gasteiger partial charge on any atom is 0.244 e. The van der Waals surface area contributed by atoms with Gasteiger partial charge in [0, 0.05) is 13.1 Å². The number of benzene rings is 2. The van der Waals surface area contributed by atoms with Crippen molar-refractivity contribution in [1.29, 1.82) is 0 Å². The number of fused-ring (bicyclic) bond motifs is 1. The fourth-order valence-electron chi connectivity index (χ4n) is 4.58. The van der Waals surface area contributed by atoms with Crippen molar-refractivity contribution in [2.24, 2.45) is 0 Å². The normalized spacial score (nSPS) is 17.5. The fourth-order valence-corrected chi connectivity index (χ4v) is 5.80. The maximum absolute atomic E-state index is 13.1. The van der Waals surface area contributed by atoms with Crippen molar-refractivity contribution >= 4 is 10.0 Å². The standard InChI is InChI=1S/C24H32N2O3S/c1-29-23-15-21-10-3-4-11-22(21)16-24(23)30(27,28)25-17-19-8-7-9-20(14-19)18-26-12-5-2-6-13-26/h7-9,14-16,25H,2-6,10-13,17-18H2,1H3. The van der Waals surface area contributed by atoms with Gasteiger partial charge in [0.2, 0.25) is 10.0 Å². The lowest BCUT2D eigenvalue weighted by atomic mass is 9.92. The molecule has 0 saturated carbocycles. The van der Waals surface area contributed by atoms with E-state index in [1.165, 1.54) is 37.5 Å². The molecule has 162 valence electrons. The summed E-state index contributed by atoms with van der Waals surface area (Å²) < 4.78 is 34.4. The summed E-state index contributed by atoms with van der Waals surface area (Å²) in [6.07, 6.45) is 8.03. The van der Waals surface area contributed by atoms with Crippen LogP contribution in [-0.4, -0.2) is 33.5 Å². The highest BCUT2D eigenvalue weighted by atomic mass is 32.2. The molecule has 1 N–H and O–H groups in total. The Morgan fingerprint density at radius 1 is 0.933 bits per heavy atom. The Balaban J connectivity index is 1.47. The van der Waals surface area contributed by atoms with Gasteiger partial charge in [-0.1, -0.05) is 30.7 Å². The largest absolute Gasteiger partial charge is 0.495 e. The summed E-state index contributed by atoms with van der Waals surface area (Å²) in [6.45, 7) is 3.50. The predicted molar refractivity (Wildman–Crippen MR) is 119 cm³/mol. The lowest BCUT2D eigenvalue weighted by Gasteiger charge is -2.26. The van der Waals surface area contributed by atoms with Gasteiger partial charge in [0.15, 0.2) is 0 Å². The van der Waals surface area contributed by atoms with Gasteiger partial charge in [-0.15, -0.1) is 0 Å². The minimum absolute atomic E-state index is 0.245. The Labute approximate surface area is 180 Å². The third-order valence-corrected chi connectivity index (χ3v) is 7.65. The van der Waals surface area contributed by atoms with Gasteiger partial charge in [-0.3, -0.25) is 4.90 Å². The highest BCUT2D eigenvalue weighted by Crippen LogP contribution is 2.32. The van der Waals surface area contributed by atoms with E-state index in [9.17, 15) is 8.42 Å². The SMILES string of the molecule is COc1cc2c(cc1S(=O)(=O)NCc1cccc(CN3CCCCC3)c1)CCCC2. The molecule has 6 heteroatoms. The molecule has 1 aliphatic carbocycles. The molecule has 4 rings (SSSR count). The van der Waals surface area contributed by atoms with E-state index >= 15 is 0 Å². The second kappa shape index (κ2) is 9.50. The van der Waals surface area contributed by atoms with E-state index in [2.05, 4.69) is 21.8 Å². The van der Waals surface area contributed by atoms with E-state index in [0.29, 0.717) is 5.75 Å². The molecule has 1 saturated heterocycles. The van der Waals surface area contributed by atoms with Crippen molar-refractivity contribution in [2.75, 3.05) is 20.2 Å². The van der Waals surface area contributed by atoms with Gasteiger partial charge in [-0.05, 0) is 86.0 Å². The zero-order valence-corrected chi connectivity index (χ0v) is 18.6. The summed E-state index contributed by atoms with van der Waals surface area (Å²) in [7, 11) is -2.12. The van der Waals surface area contributed by atoms with E-state index in [-0.39, 0.29) is 11.4 Å².